The van der Waals surface area contributed by atoms with Crippen LogP contribution in [-0.4, -0.2) is 11.5 Å². The molecule has 0 aliphatic carbocycles. The highest BCUT2D eigenvalue weighted by Crippen LogP contribution is 2.27. The first-order chi connectivity index (χ1) is 6.40. The SMILES string of the molecule is NCc1cc(O)cc(OC(F)(F)F)c1. The Bertz CT molecular complexity index is 325. The first-order valence-electron chi connectivity index (χ1n) is 3.69. The van der Waals surface area contributed by atoms with E-state index >= 15 is 0 Å². The molecule has 1 rings (SSSR count). The monoisotopic (exact) mass is 207 g/mol. The second-order valence-corrected chi connectivity index (χ2v) is 2.59. The highest BCUT2D eigenvalue weighted by atomic mass is 19.4. The lowest BCUT2D eigenvalue weighted by atomic mass is 10.2. The maximum absolute atomic E-state index is 11.8. The molecule has 3 N–H and O–H groups in total. The summed E-state index contributed by atoms with van der Waals surface area (Å²) in [6.45, 7) is 0.0304. The first kappa shape index (κ1) is 10.6. The number of phenolic OH excluding ortho intramolecular Hbond substituents is 1. The van der Waals surface area contributed by atoms with E-state index in [2.05, 4.69) is 4.74 Å². The number of aromatic hydroxyl groups is 1. The van der Waals surface area contributed by atoms with Crippen LogP contribution in [0.4, 0.5) is 13.2 Å². The Morgan fingerprint density at radius 2 is 1.93 bits per heavy atom. The van der Waals surface area contributed by atoms with Crippen molar-refractivity contribution >= 4 is 0 Å². The molecule has 0 aliphatic heterocycles. The van der Waals surface area contributed by atoms with E-state index in [4.69, 9.17) is 10.8 Å². The Morgan fingerprint density at radius 1 is 1.29 bits per heavy atom. The van der Waals surface area contributed by atoms with E-state index in [0.717, 1.165) is 12.1 Å². The van der Waals surface area contributed by atoms with Crippen molar-refractivity contribution in [2.75, 3.05) is 0 Å². The molecule has 3 nitrogen and oxygen atoms in total. The Kier molecular flexibility index (Phi) is 2.85. The standard InChI is InChI=1S/C8H8F3NO2/c9-8(10,11)14-7-2-5(4-12)1-6(13)3-7/h1-3,13H,4,12H2. The van der Waals surface area contributed by atoms with Crippen molar-refractivity contribution in [3.8, 4) is 11.5 Å². The van der Waals surface area contributed by atoms with Gasteiger partial charge in [0.2, 0.25) is 0 Å². The Morgan fingerprint density at radius 3 is 2.43 bits per heavy atom. The smallest absolute Gasteiger partial charge is 0.508 e. The molecule has 0 heterocycles. The van der Waals surface area contributed by atoms with Gasteiger partial charge in [-0.05, 0) is 17.7 Å². The molecular weight excluding hydrogens is 199 g/mol. The van der Waals surface area contributed by atoms with Crippen molar-refractivity contribution in [2.45, 2.75) is 12.9 Å². The number of hydrogen-bond acceptors (Lipinski definition) is 3. The van der Waals surface area contributed by atoms with Gasteiger partial charge in [-0.3, -0.25) is 0 Å². The summed E-state index contributed by atoms with van der Waals surface area (Å²) in [5.74, 6) is -0.787. The van der Waals surface area contributed by atoms with Gasteiger partial charge in [-0.1, -0.05) is 0 Å². The summed E-state index contributed by atoms with van der Waals surface area (Å²) in [4.78, 5) is 0. The van der Waals surface area contributed by atoms with Crippen LogP contribution in [0.25, 0.3) is 0 Å². The molecule has 0 spiro atoms. The summed E-state index contributed by atoms with van der Waals surface area (Å²) in [5.41, 5.74) is 5.57. The number of phenols is 1. The van der Waals surface area contributed by atoms with Crippen LogP contribution in [0.3, 0.4) is 0 Å². The van der Waals surface area contributed by atoms with Crippen LogP contribution in [0.15, 0.2) is 18.2 Å². The molecule has 0 fully saturated rings. The average molecular weight is 207 g/mol. The summed E-state index contributed by atoms with van der Waals surface area (Å²) in [6, 6.07) is 3.25. The number of hydrogen-bond donors (Lipinski definition) is 2. The zero-order valence-electron chi connectivity index (χ0n) is 7.01. The number of benzene rings is 1. The van der Waals surface area contributed by atoms with Gasteiger partial charge in [0.25, 0.3) is 0 Å². The predicted octanol–water partition coefficient (Wildman–Crippen LogP) is 1.75. The largest absolute Gasteiger partial charge is 0.573 e. The molecular formula is C8H8F3NO2. The molecule has 14 heavy (non-hydrogen) atoms. The molecule has 78 valence electrons. The fraction of sp³-hybridized carbons (Fsp3) is 0.250. The van der Waals surface area contributed by atoms with E-state index < -0.39 is 12.1 Å². The Balaban J connectivity index is 2.92. The molecule has 0 aliphatic rings. The summed E-state index contributed by atoms with van der Waals surface area (Å²) in [5, 5.41) is 9.02. The lowest BCUT2D eigenvalue weighted by Gasteiger charge is -2.10. The minimum Gasteiger partial charge on any atom is -0.508 e. The van der Waals surface area contributed by atoms with Crippen LogP contribution < -0.4 is 10.5 Å². The first-order valence-corrected chi connectivity index (χ1v) is 3.69. The third-order valence-corrected chi connectivity index (χ3v) is 1.42. The topological polar surface area (TPSA) is 55.5 Å². The van der Waals surface area contributed by atoms with Crippen molar-refractivity contribution in [1.29, 1.82) is 0 Å². The van der Waals surface area contributed by atoms with Gasteiger partial charge in [0.1, 0.15) is 11.5 Å². The molecule has 0 bridgehead atoms. The van der Waals surface area contributed by atoms with Crippen molar-refractivity contribution in [1.82, 2.24) is 0 Å². The van der Waals surface area contributed by atoms with E-state index in [9.17, 15) is 13.2 Å². The highest BCUT2D eigenvalue weighted by Gasteiger charge is 2.31. The fourth-order valence-electron chi connectivity index (χ4n) is 0.954. The van der Waals surface area contributed by atoms with E-state index in [1.807, 2.05) is 0 Å². The maximum Gasteiger partial charge on any atom is 0.573 e. The second kappa shape index (κ2) is 3.75. The zero-order valence-corrected chi connectivity index (χ0v) is 7.01. The predicted molar refractivity (Wildman–Crippen MR) is 42.7 cm³/mol. The number of rotatable bonds is 2. The van der Waals surface area contributed by atoms with Gasteiger partial charge in [-0.15, -0.1) is 13.2 Å². The van der Waals surface area contributed by atoms with E-state index in [1.165, 1.54) is 6.07 Å². The fourth-order valence-corrected chi connectivity index (χ4v) is 0.954. The van der Waals surface area contributed by atoms with Crippen LogP contribution in [0.5, 0.6) is 11.5 Å². The molecule has 1 aromatic rings. The van der Waals surface area contributed by atoms with Crippen molar-refractivity contribution in [3.63, 3.8) is 0 Å². The number of halogens is 3. The summed E-state index contributed by atoms with van der Waals surface area (Å²) in [7, 11) is 0. The van der Waals surface area contributed by atoms with Crippen LogP contribution in [0.1, 0.15) is 5.56 Å². The molecule has 0 atom stereocenters. The van der Waals surface area contributed by atoms with Gasteiger partial charge < -0.3 is 15.6 Å². The Hall–Kier alpha value is -1.43. The van der Waals surface area contributed by atoms with Gasteiger partial charge in [-0.2, -0.15) is 0 Å². The van der Waals surface area contributed by atoms with Gasteiger partial charge >= 0.3 is 6.36 Å². The van der Waals surface area contributed by atoms with Crippen LogP contribution in [0, 0.1) is 0 Å². The van der Waals surface area contributed by atoms with E-state index in [1.54, 1.807) is 0 Å². The van der Waals surface area contributed by atoms with Crippen LogP contribution >= 0.6 is 0 Å². The molecule has 0 aromatic heterocycles. The lowest BCUT2D eigenvalue weighted by Crippen LogP contribution is -2.17. The molecule has 6 heteroatoms. The van der Waals surface area contributed by atoms with Crippen molar-refractivity contribution < 1.29 is 23.0 Å². The van der Waals surface area contributed by atoms with E-state index in [-0.39, 0.29) is 12.3 Å². The van der Waals surface area contributed by atoms with Crippen LogP contribution in [0.2, 0.25) is 0 Å². The normalized spacial score (nSPS) is 11.4. The maximum atomic E-state index is 11.8. The minimum absolute atomic E-state index is 0.0304. The molecule has 1 aromatic carbocycles. The van der Waals surface area contributed by atoms with Gasteiger partial charge in [0.05, 0.1) is 0 Å². The minimum atomic E-state index is -4.76. The number of ether oxygens (including phenoxy) is 1. The molecule has 0 amide bonds. The van der Waals surface area contributed by atoms with Crippen molar-refractivity contribution in [2.24, 2.45) is 5.73 Å². The molecule has 0 saturated carbocycles. The second-order valence-electron chi connectivity index (χ2n) is 2.59. The lowest BCUT2D eigenvalue weighted by molar-refractivity contribution is -0.274. The molecule has 0 unspecified atom stereocenters. The molecule has 0 saturated heterocycles. The third-order valence-electron chi connectivity index (χ3n) is 1.42. The Labute approximate surface area is 77.9 Å². The summed E-state index contributed by atoms with van der Waals surface area (Å²) in [6.07, 6.45) is -4.76. The third kappa shape index (κ3) is 3.14. The molecule has 0 radical (unpaired) electrons. The van der Waals surface area contributed by atoms with E-state index in [0.29, 0.717) is 5.56 Å². The quantitative estimate of drug-likeness (QED) is 0.776. The highest BCUT2D eigenvalue weighted by molar-refractivity contribution is 5.37. The van der Waals surface area contributed by atoms with Gasteiger partial charge in [0.15, 0.2) is 0 Å². The number of alkyl halides is 3. The summed E-state index contributed by atoms with van der Waals surface area (Å²) < 4.78 is 38.9. The summed E-state index contributed by atoms with van der Waals surface area (Å²) >= 11 is 0. The van der Waals surface area contributed by atoms with Crippen molar-refractivity contribution in [3.05, 3.63) is 23.8 Å². The van der Waals surface area contributed by atoms with Crippen LogP contribution in [-0.2, 0) is 6.54 Å². The van der Waals surface area contributed by atoms with Gasteiger partial charge in [-0.25, -0.2) is 0 Å². The van der Waals surface area contributed by atoms with Gasteiger partial charge in [0, 0.05) is 12.6 Å². The average Bonchev–Trinajstić information content (AvgIpc) is 1.99. The number of nitrogens with two attached hydrogens (primary N) is 1. The zero-order chi connectivity index (χ0) is 10.8.